The Hall–Kier alpha value is -3.10. The number of aromatic nitrogens is 1. The van der Waals surface area contributed by atoms with Crippen LogP contribution in [0.25, 0.3) is 0 Å². The molecule has 0 spiro atoms. The Morgan fingerprint density at radius 1 is 1.15 bits per heavy atom. The van der Waals surface area contributed by atoms with E-state index in [1.165, 1.54) is 12.1 Å². The van der Waals surface area contributed by atoms with Crippen LogP contribution >= 0.6 is 0 Å². The molecular weight excluding hydrogens is 363 g/mol. The van der Waals surface area contributed by atoms with Crippen LogP contribution in [-0.2, 0) is 4.79 Å². The van der Waals surface area contributed by atoms with Crippen LogP contribution in [0.3, 0.4) is 0 Å². The highest BCUT2D eigenvalue weighted by Gasteiger charge is 2.28. The van der Waals surface area contributed by atoms with Gasteiger partial charge >= 0.3 is 6.18 Å². The molecule has 9 heteroatoms. The van der Waals surface area contributed by atoms with E-state index in [9.17, 15) is 22.8 Å². The van der Waals surface area contributed by atoms with E-state index in [4.69, 9.17) is 0 Å². The minimum atomic E-state index is -4.46. The van der Waals surface area contributed by atoms with Crippen LogP contribution in [0.15, 0.2) is 36.5 Å². The maximum absolute atomic E-state index is 12.3. The summed E-state index contributed by atoms with van der Waals surface area (Å²) in [5.74, 6) is -0.883. The Morgan fingerprint density at radius 3 is 2.48 bits per heavy atom. The van der Waals surface area contributed by atoms with E-state index in [0.717, 1.165) is 11.8 Å². The molecule has 0 fully saturated rings. The van der Waals surface area contributed by atoms with Crippen LogP contribution in [0.2, 0.25) is 0 Å². The minimum absolute atomic E-state index is 0.150. The summed E-state index contributed by atoms with van der Waals surface area (Å²) in [7, 11) is 0. The van der Waals surface area contributed by atoms with E-state index in [1.807, 2.05) is 0 Å². The van der Waals surface area contributed by atoms with Crippen molar-refractivity contribution in [2.45, 2.75) is 26.4 Å². The number of amides is 2. The molecule has 1 aromatic carbocycles. The molecule has 6 nitrogen and oxygen atoms in total. The van der Waals surface area contributed by atoms with E-state index in [2.05, 4.69) is 20.4 Å². The number of rotatable bonds is 6. The maximum atomic E-state index is 12.3. The van der Waals surface area contributed by atoms with Gasteiger partial charge < -0.3 is 15.4 Å². The lowest BCUT2D eigenvalue weighted by Crippen LogP contribution is -2.20. The van der Waals surface area contributed by atoms with Crippen molar-refractivity contribution in [1.29, 1.82) is 0 Å². The summed E-state index contributed by atoms with van der Waals surface area (Å²) in [5.41, 5.74) is 1.95. The normalized spacial score (nSPS) is 11.0. The van der Waals surface area contributed by atoms with E-state index >= 15 is 0 Å². The van der Waals surface area contributed by atoms with Gasteiger partial charge in [0.2, 0.25) is 11.8 Å². The molecule has 0 aliphatic carbocycles. The number of halogens is 3. The number of alkyl halides is 3. The first-order valence-corrected chi connectivity index (χ1v) is 8.05. The molecule has 0 saturated heterocycles. The molecule has 27 heavy (non-hydrogen) atoms. The van der Waals surface area contributed by atoms with E-state index in [1.54, 1.807) is 32.0 Å². The molecule has 0 unspecified atom stereocenters. The fourth-order valence-corrected chi connectivity index (χ4v) is 2.03. The number of ether oxygens (including phenoxy) is 1. The third-order valence-electron chi connectivity index (χ3n) is 3.47. The Labute approximate surface area is 153 Å². The number of aryl methyl sites for hydroxylation is 1. The first kappa shape index (κ1) is 20.2. The lowest BCUT2D eigenvalue weighted by Gasteiger charge is -2.12. The van der Waals surface area contributed by atoms with Crippen molar-refractivity contribution >= 4 is 23.2 Å². The highest BCUT2D eigenvalue weighted by Crippen LogP contribution is 2.22. The Balaban J connectivity index is 2.06. The third kappa shape index (κ3) is 6.28. The van der Waals surface area contributed by atoms with Gasteiger partial charge in [-0.1, -0.05) is 13.0 Å². The second-order valence-corrected chi connectivity index (χ2v) is 5.67. The molecule has 2 N–H and O–H groups in total. The molecule has 1 heterocycles. The molecule has 0 aliphatic heterocycles. The number of benzene rings is 1. The number of carbonyl (C=O) groups excluding carboxylic acids is 2. The van der Waals surface area contributed by atoms with E-state index in [-0.39, 0.29) is 17.4 Å². The summed E-state index contributed by atoms with van der Waals surface area (Å²) in [4.78, 5) is 27.5. The van der Waals surface area contributed by atoms with Crippen LogP contribution < -0.4 is 15.4 Å². The van der Waals surface area contributed by atoms with Gasteiger partial charge in [-0.25, -0.2) is 4.98 Å². The summed E-state index contributed by atoms with van der Waals surface area (Å²) in [6.45, 7) is 2.05. The maximum Gasteiger partial charge on any atom is 0.422 e. The summed E-state index contributed by atoms with van der Waals surface area (Å²) in [5, 5.41) is 5.38. The second kappa shape index (κ2) is 8.52. The average molecular weight is 381 g/mol. The number of hydrogen-bond donors (Lipinski definition) is 2. The van der Waals surface area contributed by atoms with Gasteiger partial charge in [0.05, 0.1) is 5.56 Å². The number of nitrogens with zero attached hydrogens (tertiary/aromatic N) is 1. The van der Waals surface area contributed by atoms with Gasteiger partial charge in [-0.2, -0.15) is 13.2 Å². The van der Waals surface area contributed by atoms with Gasteiger partial charge in [0.1, 0.15) is 0 Å². The highest BCUT2D eigenvalue weighted by atomic mass is 19.4. The van der Waals surface area contributed by atoms with Gasteiger partial charge in [0, 0.05) is 30.1 Å². The van der Waals surface area contributed by atoms with E-state index in [0.29, 0.717) is 17.8 Å². The zero-order valence-electron chi connectivity index (χ0n) is 14.7. The van der Waals surface area contributed by atoms with Gasteiger partial charge in [-0.05, 0) is 30.7 Å². The molecule has 0 radical (unpaired) electrons. The number of nitrogens with one attached hydrogen (secondary N) is 2. The van der Waals surface area contributed by atoms with Crippen molar-refractivity contribution in [2.75, 3.05) is 17.2 Å². The van der Waals surface area contributed by atoms with E-state index < -0.39 is 18.7 Å². The first-order chi connectivity index (χ1) is 12.7. The second-order valence-electron chi connectivity index (χ2n) is 5.67. The number of carbonyl (C=O) groups is 2. The first-order valence-electron chi connectivity index (χ1n) is 8.05. The predicted molar refractivity (Wildman–Crippen MR) is 93.8 cm³/mol. The molecule has 0 bridgehead atoms. The Morgan fingerprint density at radius 2 is 1.89 bits per heavy atom. The van der Waals surface area contributed by atoms with Gasteiger partial charge in [0.15, 0.2) is 6.61 Å². The third-order valence-corrected chi connectivity index (χ3v) is 3.47. The van der Waals surface area contributed by atoms with Gasteiger partial charge in [-0.15, -0.1) is 0 Å². The van der Waals surface area contributed by atoms with Crippen LogP contribution in [0.1, 0.15) is 29.3 Å². The van der Waals surface area contributed by atoms with Crippen molar-refractivity contribution in [3.8, 4) is 5.88 Å². The van der Waals surface area contributed by atoms with Crippen molar-refractivity contribution < 1.29 is 27.5 Å². The fraction of sp³-hybridized carbons (Fsp3) is 0.278. The Bertz CT molecular complexity index is 821. The molecule has 144 valence electrons. The molecule has 2 aromatic rings. The molecule has 0 aliphatic rings. The van der Waals surface area contributed by atoms with Crippen LogP contribution in [-0.4, -0.2) is 29.6 Å². The number of anilines is 2. The fourth-order valence-electron chi connectivity index (χ4n) is 2.03. The SMILES string of the molecule is CCC(=O)Nc1ccc(C)c(NC(=O)c2ccc(OCC(F)(F)F)nc2)c1. The molecule has 2 rings (SSSR count). The summed E-state index contributed by atoms with van der Waals surface area (Å²) in [6.07, 6.45) is -3.02. The van der Waals surface area contributed by atoms with Crippen molar-refractivity contribution in [2.24, 2.45) is 0 Å². The molecule has 1 aromatic heterocycles. The van der Waals surface area contributed by atoms with Crippen LogP contribution in [0, 0.1) is 6.92 Å². The summed E-state index contributed by atoms with van der Waals surface area (Å²) < 4.78 is 40.9. The van der Waals surface area contributed by atoms with Crippen molar-refractivity contribution in [1.82, 2.24) is 4.98 Å². The Kier molecular flexibility index (Phi) is 6.38. The lowest BCUT2D eigenvalue weighted by atomic mass is 10.1. The number of pyridine rings is 1. The topological polar surface area (TPSA) is 80.3 Å². The van der Waals surface area contributed by atoms with Crippen LogP contribution in [0.5, 0.6) is 5.88 Å². The smallest absolute Gasteiger partial charge is 0.422 e. The summed E-state index contributed by atoms with van der Waals surface area (Å²) in [6, 6.07) is 7.58. The zero-order chi connectivity index (χ0) is 20.0. The zero-order valence-corrected chi connectivity index (χ0v) is 14.7. The average Bonchev–Trinajstić information content (AvgIpc) is 2.62. The molecule has 2 amide bonds. The largest absolute Gasteiger partial charge is 0.468 e. The summed E-state index contributed by atoms with van der Waals surface area (Å²) >= 11 is 0. The van der Waals surface area contributed by atoms with Gasteiger partial charge in [0.25, 0.3) is 5.91 Å². The quantitative estimate of drug-likeness (QED) is 0.795. The monoisotopic (exact) mass is 381 g/mol. The van der Waals surface area contributed by atoms with Gasteiger partial charge in [-0.3, -0.25) is 9.59 Å². The van der Waals surface area contributed by atoms with Crippen molar-refractivity contribution in [3.05, 3.63) is 47.7 Å². The standard InChI is InChI=1S/C18H18F3N3O3/c1-3-15(25)23-13-6-4-11(2)14(8-13)24-17(26)12-5-7-16(22-9-12)27-10-18(19,20)21/h4-9H,3,10H2,1-2H3,(H,23,25)(H,24,26). The molecule has 0 atom stereocenters. The molecular formula is C18H18F3N3O3. The van der Waals surface area contributed by atoms with Crippen molar-refractivity contribution in [3.63, 3.8) is 0 Å². The lowest BCUT2D eigenvalue weighted by molar-refractivity contribution is -0.154. The minimum Gasteiger partial charge on any atom is -0.468 e. The predicted octanol–water partition coefficient (Wildman–Crippen LogP) is 3.93. The number of hydrogen-bond acceptors (Lipinski definition) is 4. The highest BCUT2D eigenvalue weighted by molar-refractivity contribution is 6.05. The van der Waals surface area contributed by atoms with Crippen LogP contribution in [0.4, 0.5) is 24.5 Å². The molecule has 0 saturated carbocycles.